The van der Waals surface area contributed by atoms with Crippen molar-refractivity contribution in [2.24, 2.45) is 13.0 Å². The fourth-order valence-electron chi connectivity index (χ4n) is 1.92. The summed E-state index contributed by atoms with van der Waals surface area (Å²) in [6, 6.07) is 1.57. The van der Waals surface area contributed by atoms with E-state index in [0.29, 0.717) is 17.2 Å². The molecule has 0 bridgehead atoms. The highest BCUT2D eigenvalue weighted by Gasteiger charge is 2.29. The first kappa shape index (κ1) is 12.8. The van der Waals surface area contributed by atoms with E-state index < -0.39 is 6.10 Å². The molecule has 5 heteroatoms. The molecule has 1 heterocycles. The van der Waals surface area contributed by atoms with Crippen molar-refractivity contribution in [2.75, 3.05) is 6.54 Å². The molecule has 0 aromatic carbocycles. The van der Waals surface area contributed by atoms with E-state index in [1.807, 2.05) is 0 Å². The summed E-state index contributed by atoms with van der Waals surface area (Å²) in [7, 11) is 1.72. The number of aliphatic hydroxyl groups excluding tert-OH is 1. The van der Waals surface area contributed by atoms with Crippen LogP contribution in [0.5, 0.6) is 0 Å². The zero-order valence-corrected chi connectivity index (χ0v) is 10.6. The molecule has 0 aliphatic heterocycles. The molecular formula is C13H18N2O3. The number of carbonyl (C=O) groups excluding carboxylic acids is 2. The van der Waals surface area contributed by atoms with Crippen LogP contribution in [0, 0.1) is 5.92 Å². The van der Waals surface area contributed by atoms with Gasteiger partial charge in [0, 0.05) is 25.4 Å². The number of nitrogens with one attached hydrogen (secondary N) is 1. The third kappa shape index (κ3) is 2.79. The zero-order chi connectivity index (χ0) is 13.3. The summed E-state index contributed by atoms with van der Waals surface area (Å²) in [5.74, 6) is 0.0128. The molecule has 2 N–H and O–H groups in total. The highest BCUT2D eigenvalue weighted by Crippen LogP contribution is 2.32. The van der Waals surface area contributed by atoms with Crippen LogP contribution in [0.1, 0.15) is 40.6 Å². The number of aliphatic hydroxyl groups is 1. The van der Waals surface area contributed by atoms with E-state index in [1.165, 1.54) is 6.92 Å². The van der Waals surface area contributed by atoms with Gasteiger partial charge in [-0.15, -0.1) is 0 Å². The lowest BCUT2D eigenvalue weighted by Crippen LogP contribution is -2.34. The highest BCUT2D eigenvalue weighted by molar-refractivity contribution is 5.99. The number of Topliss-reactive ketones (excluding diaryl/α,β-unsaturated/α-hetero) is 1. The molecule has 2 rings (SSSR count). The van der Waals surface area contributed by atoms with Crippen LogP contribution in [0.25, 0.3) is 0 Å². The van der Waals surface area contributed by atoms with Crippen LogP contribution in [0.3, 0.4) is 0 Å². The molecule has 1 fully saturated rings. The van der Waals surface area contributed by atoms with E-state index in [-0.39, 0.29) is 18.2 Å². The summed E-state index contributed by atoms with van der Waals surface area (Å²) in [5.41, 5.74) is 0.952. The Morgan fingerprint density at radius 3 is 2.72 bits per heavy atom. The second-order valence-corrected chi connectivity index (χ2v) is 4.90. The highest BCUT2D eigenvalue weighted by atomic mass is 16.3. The van der Waals surface area contributed by atoms with Crippen molar-refractivity contribution in [1.29, 1.82) is 0 Å². The van der Waals surface area contributed by atoms with Gasteiger partial charge in [-0.05, 0) is 31.7 Å². The quantitative estimate of drug-likeness (QED) is 0.757. The Hall–Kier alpha value is -1.62. The minimum Gasteiger partial charge on any atom is -0.391 e. The monoisotopic (exact) mass is 250 g/mol. The molecule has 1 unspecified atom stereocenters. The van der Waals surface area contributed by atoms with Crippen molar-refractivity contribution < 1.29 is 14.7 Å². The van der Waals surface area contributed by atoms with Crippen molar-refractivity contribution in [1.82, 2.24) is 9.88 Å². The van der Waals surface area contributed by atoms with E-state index in [9.17, 15) is 14.7 Å². The second kappa shape index (κ2) is 4.94. The lowest BCUT2D eigenvalue weighted by molar-refractivity contribution is 0.0893. The largest absolute Gasteiger partial charge is 0.391 e. The number of rotatable bonds is 5. The number of hydrogen-bond donors (Lipinski definition) is 2. The van der Waals surface area contributed by atoms with Gasteiger partial charge in [-0.1, -0.05) is 0 Å². The van der Waals surface area contributed by atoms with Gasteiger partial charge in [0.05, 0.1) is 6.10 Å². The molecule has 0 saturated heterocycles. The molecule has 1 aliphatic carbocycles. The molecule has 0 spiro atoms. The van der Waals surface area contributed by atoms with Crippen molar-refractivity contribution in [3.8, 4) is 0 Å². The number of aromatic nitrogens is 1. The van der Waals surface area contributed by atoms with Crippen LogP contribution >= 0.6 is 0 Å². The third-order valence-corrected chi connectivity index (χ3v) is 3.28. The van der Waals surface area contributed by atoms with Crippen molar-refractivity contribution >= 4 is 11.7 Å². The van der Waals surface area contributed by atoms with Crippen molar-refractivity contribution in [3.05, 3.63) is 23.5 Å². The topological polar surface area (TPSA) is 71.3 Å². The lowest BCUT2D eigenvalue weighted by atomic mass is 10.2. The predicted octanol–water partition coefficient (Wildman–Crippen LogP) is 0.728. The van der Waals surface area contributed by atoms with Gasteiger partial charge in [-0.25, -0.2) is 0 Å². The van der Waals surface area contributed by atoms with Crippen LogP contribution in [-0.2, 0) is 7.05 Å². The summed E-state index contributed by atoms with van der Waals surface area (Å²) in [6.45, 7) is 1.73. The number of carbonyl (C=O) groups is 2. The van der Waals surface area contributed by atoms with Gasteiger partial charge in [0.25, 0.3) is 5.91 Å². The molecule has 1 aromatic heterocycles. The zero-order valence-electron chi connectivity index (χ0n) is 10.6. The van der Waals surface area contributed by atoms with Crippen molar-refractivity contribution in [2.45, 2.75) is 25.9 Å². The maximum atomic E-state index is 11.9. The molecule has 1 aromatic rings. The summed E-state index contributed by atoms with van der Waals surface area (Å²) >= 11 is 0. The Morgan fingerprint density at radius 1 is 1.56 bits per heavy atom. The van der Waals surface area contributed by atoms with E-state index in [2.05, 4.69) is 5.32 Å². The first-order chi connectivity index (χ1) is 8.49. The van der Waals surface area contributed by atoms with E-state index in [4.69, 9.17) is 0 Å². The third-order valence-electron chi connectivity index (χ3n) is 3.28. The number of nitrogens with zero attached hydrogens (tertiary/aromatic N) is 1. The van der Waals surface area contributed by atoms with Crippen LogP contribution < -0.4 is 5.32 Å². The fourth-order valence-corrected chi connectivity index (χ4v) is 1.92. The average molecular weight is 250 g/mol. The summed E-state index contributed by atoms with van der Waals surface area (Å²) in [5, 5.41) is 12.4. The Balaban J connectivity index is 1.97. The van der Waals surface area contributed by atoms with Gasteiger partial charge < -0.3 is 15.0 Å². The minimum absolute atomic E-state index is 0.0670. The predicted molar refractivity (Wildman–Crippen MR) is 66.5 cm³/mol. The SMILES string of the molecule is CC(=O)c1cc(C(=O)NCC(O)C2CC2)n(C)c1. The number of amides is 1. The Bertz CT molecular complexity index is 475. The van der Waals surface area contributed by atoms with Crippen LogP contribution in [0.4, 0.5) is 0 Å². The summed E-state index contributed by atoms with van der Waals surface area (Å²) in [6.07, 6.45) is 3.25. The molecular weight excluding hydrogens is 232 g/mol. The fraction of sp³-hybridized carbons (Fsp3) is 0.538. The molecule has 1 saturated carbocycles. The van der Waals surface area contributed by atoms with Gasteiger partial charge >= 0.3 is 0 Å². The van der Waals surface area contributed by atoms with E-state index >= 15 is 0 Å². The lowest BCUT2D eigenvalue weighted by Gasteiger charge is -2.10. The minimum atomic E-state index is -0.457. The smallest absolute Gasteiger partial charge is 0.268 e. The first-order valence-electron chi connectivity index (χ1n) is 6.12. The van der Waals surface area contributed by atoms with Gasteiger partial charge in [0.1, 0.15) is 5.69 Å². The summed E-state index contributed by atoms with van der Waals surface area (Å²) < 4.78 is 1.62. The average Bonchev–Trinajstić information content (AvgIpc) is 3.08. The van der Waals surface area contributed by atoms with Gasteiger partial charge in [0.2, 0.25) is 0 Å². The van der Waals surface area contributed by atoms with Gasteiger partial charge in [-0.3, -0.25) is 9.59 Å². The first-order valence-corrected chi connectivity index (χ1v) is 6.12. The Morgan fingerprint density at radius 2 is 2.22 bits per heavy atom. The molecule has 1 aliphatic rings. The van der Waals surface area contributed by atoms with Crippen LogP contribution in [-0.4, -0.2) is 34.0 Å². The standard InChI is InChI=1S/C13H18N2O3/c1-8(16)10-5-11(15(2)7-10)13(18)14-6-12(17)9-3-4-9/h5,7,9,12,17H,3-4,6H2,1-2H3,(H,14,18). The number of hydrogen-bond acceptors (Lipinski definition) is 3. The molecule has 98 valence electrons. The number of aryl methyl sites for hydroxylation is 1. The van der Waals surface area contributed by atoms with E-state index in [0.717, 1.165) is 12.8 Å². The van der Waals surface area contributed by atoms with Crippen LogP contribution in [0.2, 0.25) is 0 Å². The number of ketones is 1. The van der Waals surface area contributed by atoms with Crippen LogP contribution in [0.15, 0.2) is 12.3 Å². The van der Waals surface area contributed by atoms with Gasteiger partial charge in [-0.2, -0.15) is 0 Å². The Kier molecular flexibility index (Phi) is 3.52. The molecule has 18 heavy (non-hydrogen) atoms. The molecule has 1 atom stereocenters. The normalized spacial score (nSPS) is 16.4. The Labute approximate surface area is 106 Å². The van der Waals surface area contributed by atoms with Gasteiger partial charge in [0.15, 0.2) is 5.78 Å². The molecule has 5 nitrogen and oxygen atoms in total. The summed E-state index contributed by atoms with van der Waals surface area (Å²) in [4.78, 5) is 23.1. The second-order valence-electron chi connectivity index (χ2n) is 4.90. The van der Waals surface area contributed by atoms with Crippen molar-refractivity contribution in [3.63, 3.8) is 0 Å². The molecule has 1 amide bonds. The maximum absolute atomic E-state index is 11.9. The molecule has 0 radical (unpaired) electrons. The van der Waals surface area contributed by atoms with E-state index in [1.54, 1.807) is 23.9 Å². The maximum Gasteiger partial charge on any atom is 0.268 e.